The summed E-state index contributed by atoms with van der Waals surface area (Å²) in [5.41, 5.74) is -0.290. The molecule has 3 aromatic rings. The highest BCUT2D eigenvalue weighted by Gasteiger charge is 2.40. The molecule has 1 aromatic carbocycles. The van der Waals surface area contributed by atoms with Gasteiger partial charge in [-0.3, -0.25) is 10.2 Å². The third-order valence-electron chi connectivity index (χ3n) is 6.47. The lowest BCUT2D eigenvalue weighted by Crippen LogP contribution is -2.48. The summed E-state index contributed by atoms with van der Waals surface area (Å²) in [5.74, 6) is 0.598. The van der Waals surface area contributed by atoms with Crippen LogP contribution in [-0.4, -0.2) is 57.4 Å². The van der Waals surface area contributed by atoms with Gasteiger partial charge in [-0.05, 0) is 50.6 Å². The van der Waals surface area contributed by atoms with Crippen LogP contribution in [0.3, 0.4) is 0 Å². The maximum absolute atomic E-state index is 13.5. The van der Waals surface area contributed by atoms with Gasteiger partial charge in [-0.1, -0.05) is 12.1 Å². The van der Waals surface area contributed by atoms with Gasteiger partial charge in [0.1, 0.15) is 5.82 Å². The number of hydrogen-bond acceptors (Lipinski definition) is 7. The summed E-state index contributed by atoms with van der Waals surface area (Å²) in [6.45, 7) is 4.89. The van der Waals surface area contributed by atoms with Crippen LogP contribution < -0.4 is 19.9 Å². The number of rotatable bonds is 6. The van der Waals surface area contributed by atoms with Crippen molar-refractivity contribution in [2.45, 2.75) is 44.5 Å². The molecule has 2 N–H and O–H groups in total. The second-order valence-electron chi connectivity index (χ2n) is 9.94. The van der Waals surface area contributed by atoms with Crippen molar-refractivity contribution < 1.29 is 27.8 Å². The molecule has 2 aromatic heterocycles. The minimum Gasteiger partial charge on any atom is -0.463 e. The van der Waals surface area contributed by atoms with Crippen LogP contribution in [0, 0.1) is 0 Å². The van der Waals surface area contributed by atoms with Crippen molar-refractivity contribution in [2.75, 3.05) is 34.8 Å². The number of carbonyl (C=O) groups excluding carboxylic acids is 1. The van der Waals surface area contributed by atoms with Crippen molar-refractivity contribution in [2.24, 2.45) is 0 Å². The van der Waals surface area contributed by atoms with Crippen LogP contribution in [0.15, 0.2) is 48.7 Å². The molecule has 0 aliphatic carbocycles. The number of halogens is 3. The molecule has 1 fully saturated rings. The fraction of sp³-hybridized carbons (Fsp3) is 0.385. The Hall–Kier alpha value is -3.93. The molecule has 2 bridgehead atoms. The van der Waals surface area contributed by atoms with E-state index in [1.54, 1.807) is 36.9 Å². The number of fused-ring (bicyclic) bond motifs is 4. The predicted molar refractivity (Wildman–Crippen MR) is 135 cm³/mol. The maximum atomic E-state index is 13.5. The van der Waals surface area contributed by atoms with E-state index in [0.717, 1.165) is 30.8 Å². The van der Waals surface area contributed by atoms with Crippen LogP contribution in [0.5, 0.6) is 6.01 Å². The number of nitrogens with one attached hydrogen (secondary N) is 1. The first-order valence-electron chi connectivity index (χ1n) is 12.2. The number of amides is 2. The van der Waals surface area contributed by atoms with Crippen molar-refractivity contribution in [1.82, 2.24) is 15.0 Å². The third-order valence-corrected chi connectivity index (χ3v) is 6.47. The monoisotopic (exact) mass is 528 g/mol. The van der Waals surface area contributed by atoms with Gasteiger partial charge in [0.2, 0.25) is 0 Å². The Bertz CT molecular complexity index is 1340. The van der Waals surface area contributed by atoms with Crippen molar-refractivity contribution >= 4 is 23.4 Å². The molecule has 2 amide bonds. The van der Waals surface area contributed by atoms with E-state index in [9.17, 15) is 23.1 Å². The van der Waals surface area contributed by atoms with Crippen LogP contribution in [0.25, 0.3) is 11.3 Å². The lowest BCUT2D eigenvalue weighted by molar-refractivity contribution is -0.137. The summed E-state index contributed by atoms with van der Waals surface area (Å²) in [4.78, 5) is 30.1. The van der Waals surface area contributed by atoms with Crippen molar-refractivity contribution in [3.63, 3.8) is 0 Å². The molecule has 0 spiro atoms. The van der Waals surface area contributed by atoms with Crippen LogP contribution in [0.4, 0.5) is 35.3 Å². The lowest BCUT2D eigenvalue weighted by atomic mass is 10.1. The molecule has 9 nitrogen and oxygen atoms in total. The zero-order chi connectivity index (χ0) is 27.1. The van der Waals surface area contributed by atoms with Gasteiger partial charge in [0.25, 0.3) is 0 Å². The van der Waals surface area contributed by atoms with E-state index >= 15 is 0 Å². The molecule has 0 saturated carbocycles. The van der Waals surface area contributed by atoms with E-state index < -0.39 is 23.4 Å². The molecule has 1 saturated heterocycles. The quantitative estimate of drug-likeness (QED) is 0.477. The van der Waals surface area contributed by atoms with Gasteiger partial charge in [0.15, 0.2) is 5.82 Å². The van der Waals surface area contributed by atoms with E-state index in [1.165, 1.54) is 18.3 Å². The van der Waals surface area contributed by atoms with E-state index in [0.29, 0.717) is 30.0 Å². The van der Waals surface area contributed by atoms with Crippen molar-refractivity contribution in [1.29, 1.82) is 0 Å². The molecule has 1 unspecified atom stereocenters. The molecule has 1 atom stereocenters. The number of benzene rings is 1. The minimum absolute atomic E-state index is 0.0584. The number of carbonyl (C=O) groups is 1. The lowest BCUT2D eigenvalue weighted by Gasteiger charge is -2.35. The molecule has 5 rings (SSSR count). The Kier molecular flexibility index (Phi) is 6.59. The number of anilines is 3. The number of nitrogens with zero attached hydrogens (tertiary/aromatic N) is 5. The van der Waals surface area contributed by atoms with Crippen LogP contribution in [0.1, 0.15) is 32.3 Å². The number of pyridine rings is 1. The molecular formula is C26H27F3N6O3. The fourth-order valence-electron chi connectivity index (χ4n) is 4.53. The first-order valence-corrected chi connectivity index (χ1v) is 12.2. The Morgan fingerprint density at radius 2 is 2.00 bits per heavy atom. The minimum atomic E-state index is -4.48. The van der Waals surface area contributed by atoms with E-state index in [1.807, 2.05) is 0 Å². The Morgan fingerprint density at radius 1 is 1.18 bits per heavy atom. The average Bonchev–Trinajstić information content (AvgIpc) is 3.27. The topological polar surface area (TPSA) is 104 Å². The highest BCUT2D eigenvalue weighted by atomic mass is 19.4. The summed E-state index contributed by atoms with van der Waals surface area (Å²) in [7, 11) is 0. The summed E-state index contributed by atoms with van der Waals surface area (Å²) in [6.07, 6.45) is -1.93. The zero-order valence-corrected chi connectivity index (χ0v) is 20.9. The van der Waals surface area contributed by atoms with E-state index in [-0.39, 0.29) is 24.5 Å². The largest absolute Gasteiger partial charge is 0.463 e. The standard InChI is InChI=1S/C26H27F3N6O3/c1-25(2,37)10-13-38-23-30-11-8-21(32-23)33-24(36)35-18-9-12-34(15-18)20-7-6-19(31-22(20)35)16-4-3-5-17(14-16)26(27,28)29/h3-8,11,14,18,37H,9-10,12-13,15H2,1-2H3,(H,30,32,33,36). The Morgan fingerprint density at radius 3 is 2.76 bits per heavy atom. The van der Waals surface area contributed by atoms with Gasteiger partial charge in [-0.15, -0.1) is 0 Å². The normalized spacial score (nSPS) is 16.8. The van der Waals surface area contributed by atoms with Crippen LogP contribution in [0.2, 0.25) is 0 Å². The molecule has 2 aliphatic heterocycles. The van der Waals surface area contributed by atoms with E-state index in [4.69, 9.17) is 4.74 Å². The number of ether oxygens (including phenoxy) is 1. The molecule has 200 valence electrons. The highest BCUT2D eigenvalue weighted by molar-refractivity contribution is 6.04. The third kappa shape index (κ3) is 5.49. The Balaban J connectivity index is 1.40. The predicted octanol–water partition coefficient (Wildman–Crippen LogP) is 4.73. The molecular weight excluding hydrogens is 501 g/mol. The van der Waals surface area contributed by atoms with Gasteiger partial charge in [0, 0.05) is 31.3 Å². The summed E-state index contributed by atoms with van der Waals surface area (Å²) < 4.78 is 45.3. The van der Waals surface area contributed by atoms with Crippen molar-refractivity contribution in [3.8, 4) is 17.3 Å². The Labute approximate surface area is 217 Å². The molecule has 12 heteroatoms. The number of alkyl halides is 3. The van der Waals surface area contributed by atoms with Gasteiger partial charge < -0.3 is 14.7 Å². The average molecular weight is 529 g/mol. The van der Waals surface area contributed by atoms with Gasteiger partial charge in [0.05, 0.1) is 35.2 Å². The second-order valence-corrected chi connectivity index (χ2v) is 9.94. The first-order chi connectivity index (χ1) is 18.0. The fourth-order valence-corrected chi connectivity index (χ4v) is 4.53. The second kappa shape index (κ2) is 9.75. The van der Waals surface area contributed by atoms with Gasteiger partial charge >= 0.3 is 18.2 Å². The maximum Gasteiger partial charge on any atom is 0.416 e. The zero-order valence-electron chi connectivity index (χ0n) is 20.9. The summed E-state index contributed by atoms with van der Waals surface area (Å²) in [5, 5.41) is 12.6. The number of hydrogen-bond donors (Lipinski definition) is 2. The van der Waals surface area contributed by atoms with Gasteiger partial charge in [-0.2, -0.15) is 18.2 Å². The highest BCUT2D eigenvalue weighted by Crippen LogP contribution is 2.41. The SMILES string of the molecule is CC(C)(O)CCOc1nccc(NC(=O)N2c3nc(-c4cccc(C(F)(F)F)c4)ccc3N3CCC2C3)n1. The first kappa shape index (κ1) is 25.7. The number of urea groups is 1. The molecule has 4 heterocycles. The molecule has 0 radical (unpaired) electrons. The van der Waals surface area contributed by atoms with E-state index in [2.05, 4.69) is 25.2 Å². The summed E-state index contributed by atoms with van der Waals surface area (Å²) >= 11 is 0. The molecule has 2 aliphatic rings. The molecule has 38 heavy (non-hydrogen) atoms. The summed E-state index contributed by atoms with van der Waals surface area (Å²) in [6, 6.07) is 9.39. The number of aromatic nitrogens is 3. The van der Waals surface area contributed by atoms with Crippen LogP contribution in [-0.2, 0) is 6.18 Å². The van der Waals surface area contributed by atoms with Gasteiger partial charge in [-0.25, -0.2) is 14.8 Å². The number of aliphatic hydroxyl groups is 1. The van der Waals surface area contributed by atoms with Crippen molar-refractivity contribution in [3.05, 3.63) is 54.2 Å². The van der Waals surface area contributed by atoms with Crippen LogP contribution >= 0.6 is 0 Å². The smallest absolute Gasteiger partial charge is 0.416 e.